The molecule has 1 atom stereocenters. The van der Waals surface area contributed by atoms with Crippen LogP contribution in [-0.2, 0) is 5.54 Å². The highest BCUT2D eigenvalue weighted by Gasteiger charge is 2.33. The van der Waals surface area contributed by atoms with Crippen LogP contribution in [0.25, 0.3) is 11.0 Å². The molecule has 2 aromatic carbocycles. The molecule has 1 heterocycles. The van der Waals surface area contributed by atoms with Crippen molar-refractivity contribution in [3.8, 4) is 0 Å². The second kappa shape index (κ2) is 4.62. The zero-order valence-corrected chi connectivity index (χ0v) is 11.2. The van der Waals surface area contributed by atoms with E-state index in [-0.39, 0.29) is 5.78 Å². The maximum absolute atomic E-state index is 12.6. The average molecular weight is 265 g/mol. The Hall–Kier alpha value is -2.39. The molecule has 0 fully saturated rings. The smallest absolute Gasteiger partial charge is 0.221 e. The fourth-order valence-electron chi connectivity index (χ4n) is 2.27. The summed E-state index contributed by atoms with van der Waals surface area (Å²) in [5.41, 5.74) is 6.59. The molecule has 3 nitrogen and oxygen atoms in total. The predicted molar refractivity (Wildman–Crippen MR) is 78.5 cm³/mol. The highest BCUT2D eigenvalue weighted by Crippen LogP contribution is 2.26. The van der Waals surface area contributed by atoms with E-state index in [4.69, 9.17) is 10.2 Å². The summed E-state index contributed by atoms with van der Waals surface area (Å²) in [6, 6.07) is 18.6. The SMILES string of the molecule is CC(N)(C(=O)c1cc2ccccc2o1)c1ccccc1. The highest BCUT2D eigenvalue weighted by atomic mass is 16.3. The summed E-state index contributed by atoms with van der Waals surface area (Å²) in [5, 5.41) is 0.903. The van der Waals surface area contributed by atoms with Crippen LogP contribution in [0, 0.1) is 0 Å². The van der Waals surface area contributed by atoms with E-state index in [2.05, 4.69) is 0 Å². The van der Waals surface area contributed by atoms with Crippen molar-refractivity contribution in [2.24, 2.45) is 5.73 Å². The van der Waals surface area contributed by atoms with Crippen LogP contribution in [0.1, 0.15) is 23.0 Å². The van der Waals surface area contributed by atoms with E-state index in [1.807, 2.05) is 54.6 Å². The number of hydrogen-bond donors (Lipinski definition) is 1. The maximum Gasteiger partial charge on any atom is 0.221 e. The molecule has 0 spiro atoms. The monoisotopic (exact) mass is 265 g/mol. The minimum Gasteiger partial charge on any atom is -0.453 e. The Labute approximate surface area is 117 Å². The lowest BCUT2D eigenvalue weighted by Gasteiger charge is -2.22. The number of hydrogen-bond acceptors (Lipinski definition) is 3. The number of benzene rings is 2. The number of fused-ring (bicyclic) bond motifs is 1. The largest absolute Gasteiger partial charge is 0.453 e. The quantitative estimate of drug-likeness (QED) is 0.737. The van der Waals surface area contributed by atoms with Crippen LogP contribution >= 0.6 is 0 Å². The molecule has 100 valence electrons. The van der Waals surface area contributed by atoms with E-state index in [1.165, 1.54) is 0 Å². The lowest BCUT2D eigenvalue weighted by atomic mass is 9.87. The van der Waals surface area contributed by atoms with Gasteiger partial charge in [0.05, 0.1) is 0 Å². The highest BCUT2D eigenvalue weighted by molar-refractivity contribution is 6.03. The van der Waals surface area contributed by atoms with Crippen LogP contribution in [0.5, 0.6) is 0 Å². The van der Waals surface area contributed by atoms with Gasteiger partial charge >= 0.3 is 0 Å². The third-order valence-electron chi connectivity index (χ3n) is 3.49. The van der Waals surface area contributed by atoms with E-state index in [1.54, 1.807) is 13.0 Å². The summed E-state index contributed by atoms with van der Waals surface area (Å²) < 4.78 is 5.61. The molecule has 3 heteroatoms. The Morgan fingerprint density at radius 1 is 1.05 bits per heavy atom. The third-order valence-corrected chi connectivity index (χ3v) is 3.49. The van der Waals surface area contributed by atoms with Gasteiger partial charge in [-0.15, -0.1) is 0 Å². The Morgan fingerprint density at radius 2 is 1.70 bits per heavy atom. The van der Waals surface area contributed by atoms with Crippen molar-refractivity contribution in [1.82, 2.24) is 0 Å². The normalized spacial score (nSPS) is 14.1. The van der Waals surface area contributed by atoms with Crippen LogP contribution < -0.4 is 5.73 Å². The summed E-state index contributed by atoms with van der Waals surface area (Å²) in [4.78, 5) is 12.6. The molecule has 2 N–H and O–H groups in total. The molecule has 0 radical (unpaired) electrons. The lowest BCUT2D eigenvalue weighted by Crippen LogP contribution is -2.41. The Balaban J connectivity index is 2.03. The number of carbonyl (C=O) groups is 1. The molecule has 20 heavy (non-hydrogen) atoms. The first-order valence-corrected chi connectivity index (χ1v) is 6.47. The summed E-state index contributed by atoms with van der Waals surface area (Å²) >= 11 is 0. The van der Waals surface area contributed by atoms with Gasteiger partial charge in [0.25, 0.3) is 0 Å². The maximum atomic E-state index is 12.6. The van der Waals surface area contributed by atoms with Gasteiger partial charge in [-0.05, 0) is 24.6 Å². The molecule has 0 saturated heterocycles. The number of rotatable bonds is 3. The topological polar surface area (TPSA) is 56.2 Å². The molecule has 0 amide bonds. The van der Waals surface area contributed by atoms with Gasteiger partial charge in [0, 0.05) is 5.39 Å². The van der Waals surface area contributed by atoms with Gasteiger partial charge < -0.3 is 10.2 Å². The van der Waals surface area contributed by atoms with Crippen LogP contribution in [0.4, 0.5) is 0 Å². The van der Waals surface area contributed by atoms with Gasteiger partial charge in [-0.2, -0.15) is 0 Å². The van der Waals surface area contributed by atoms with E-state index in [0.29, 0.717) is 11.3 Å². The number of para-hydroxylation sites is 1. The van der Waals surface area contributed by atoms with Crippen molar-refractivity contribution in [3.63, 3.8) is 0 Å². The second-order valence-electron chi connectivity index (χ2n) is 5.05. The molecule has 0 bridgehead atoms. The fourth-order valence-corrected chi connectivity index (χ4v) is 2.27. The summed E-state index contributed by atoms with van der Waals surface area (Å²) in [7, 11) is 0. The molecule has 1 unspecified atom stereocenters. The van der Waals surface area contributed by atoms with Crippen LogP contribution in [-0.4, -0.2) is 5.78 Å². The van der Waals surface area contributed by atoms with Gasteiger partial charge in [-0.1, -0.05) is 48.5 Å². The number of nitrogens with two attached hydrogens (primary N) is 1. The standard InChI is InChI=1S/C17H15NO2/c1-17(18,13-8-3-2-4-9-13)16(19)15-11-12-7-5-6-10-14(12)20-15/h2-11H,18H2,1H3. The molecule has 3 aromatic rings. The number of carbonyl (C=O) groups excluding carboxylic acids is 1. The van der Waals surface area contributed by atoms with Crippen LogP contribution in [0.15, 0.2) is 65.1 Å². The zero-order valence-electron chi connectivity index (χ0n) is 11.2. The Bertz CT molecular complexity index is 724. The first kappa shape index (κ1) is 12.6. The van der Waals surface area contributed by atoms with Gasteiger partial charge in [0.1, 0.15) is 11.1 Å². The van der Waals surface area contributed by atoms with Gasteiger partial charge in [0.15, 0.2) is 5.76 Å². The minimum absolute atomic E-state index is 0.222. The summed E-state index contributed by atoms with van der Waals surface area (Å²) in [6.45, 7) is 1.71. The molecular weight excluding hydrogens is 250 g/mol. The molecular formula is C17H15NO2. The molecule has 0 aliphatic rings. The molecule has 3 rings (SSSR count). The van der Waals surface area contributed by atoms with Crippen molar-refractivity contribution >= 4 is 16.8 Å². The van der Waals surface area contributed by atoms with Crippen LogP contribution in [0.2, 0.25) is 0 Å². The van der Waals surface area contributed by atoms with Gasteiger partial charge in [0.2, 0.25) is 5.78 Å². The first-order valence-electron chi connectivity index (χ1n) is 6.47. The second-order valence-corrected chi connectivity index (χ2v) is 5.05. The molecule has 0 aliphatic carbocycles. The Morgan fingerprint density at radius 3 is 2.40 bits per heavy atom. The van der Waals surface area contributed by atoms with E-state index in [0.717, 1.165) is 10.9 Å². The van der Waals surface area contributed by atoms with Crippen molar-refractivity contribution in [1.29, 1.82) is 0 Å². The summed E-state index contributed by atoms with van der Waals surface area (Å²) in [6.07, 6.45) is 0. The molecule has 0 aliphatic heterocycles. The lowest BCUT2D eigenvalue weighted by molar-refractivity contribution is 0.0873. The first-order chi connectivity index (χ1) is 9.59. The zero-order chi connectivity index (χ0) is 14.2. The van der Waals surface area contributed by atoms with E-state index >= 15 is 0 Å². The molecule has 0 saturated carbocycles. The van der Waals surface area contributed by atoms with E-state index in [9.17, 15) is 4.79 Å². The fraction of sp³-hybridized carbons (Fsp3) is 0.118. The number of furan rings is 1. The van der Waals surface area contributed by atoms with Crippen LogP contribution in [0.3, 0.4) is 0 Å². The van der Waals surface area contributed by atoms with Crippen molar-refractivity contribution in [2.45, 2.75) is 12.5 Å². The van der Waals surface area contributed by atoms with E-state index < -0.39 is 5.54 Å². The van der Waals surface area contributed by atoms with Gasteiger partial charge in [-0.25, -0.2) is 0 Å². The minimum atomic E-state index is -1.10. The number of Topliss-reactive ketones (excluding diaryl/α,β-unsaturated/α-hetero) is 1. The molecule has 1 aromatic heterocycles. The van der Waals surface area contributed by atoms with Gasteiger partial charge in [-0.3, -0.25) is 4.79 Å². The third kappa shape index (κ3) is 2.02. The Kier molecular flexibility index (Phi) is 2.92. The average Bonchev–Trinajstić information content (AvgIpc) is 2.91. The van der Waals surface area contributed by atoms with Crippen molar-refractivity contribution in [2.75, 3.05) is 0 Å². The van der Waals surface area contributed by atoms with Crippen molar-refractivity contribution < 1.29 is 9.21 Å². The van der Waals surface area contributed by atoms with Crippen molar-refractivity contribution in [3.05, 3.63) is 72.0 Å². The summed E-state index contributed by atoms with van der Waals surface area (Å²) in [5.74, 6) is 0.0694. The number of ketones is 1. The predicted octanol–water partition coefficient (Wildman–Crippen LogP) is 3.49.